The lowest BCUT2D eigenvalue weighted by Gasteiger charge is -2.46. The fourth-order valence-corrected chi connectivity index (χ4v) is 4.33. The van der Waals surface area contributed by atoms with Crippen LogP contribution in [0.2, 0.25) is 0 Å². The van der Waals surface area contributed by atoms with Gasteiger partial charge in [-0.15, -0.1) is 0 Å². The quantitative estimate of drug-likeness (QED) is 0.423. The summed E-state index contributed by atoms with van der Waals surface area (Å²) in [6, 6.07) is 0. The van der Waals surface area contributed by atoms with Crippen molar-refractivity contribution in [3.8, 4) is 0 Å². The molecular formula is C15H25IO2. The van der Waals surface area contributed by atoms with Gasteiger partial charge in [0.15, 0.2) is 0 Å². The number of halogens is 1. The molecule has 0 heterocycles. The van der Waals surface area contributed by atoms with E-state index in [1.807, 2.05) is 6.92 Å². The Morgan fingerprint density at radius 1 is 1.39 bits per heavy atom. The van der Waals surface area contributed by atoms with Crippen molar-refractivity contribution in [2.24, 2.45) is 16.7 Å². The van der Waals surface area contributed by atoms with Gasteiger partial charge < -0.3 is 4.74 Å². The molecule has 2 aliphatic carbocycles. The standard InChI is InChI=1S/C15H25IO2/c1-6-11(16)12(17)18-15(5)9-10-7-8-14(15,4)13(10,2)3/h10-11H,6-9H2,1-5H3. The van der Waals surface area contributed by atoms with Crippen molar-refractivity contribution in [3.63, 3.8) is 0 Å². The molecule has 2 nitrogen and oxygen atoms in total. The third kappa shape index (κ3) is 1.75. The van der Waals surface area contributed by atoms with Gasteiger partial charge in [-0.25, -0.2) is 0 Å². The molecule has 4 atom stereocenters. The molecule has 0 spiro atoms. The second-order valence-corrected chi connectivity index (χ2v) is 8.52. The summed E-state index contributed by atoms with van der Waals surface area (Å²) >= 11 is 2.19. The molecule has 0 aromatic heterocycles. The molecule has 2 fully saturated rings. The summed E-state index contributed by atoms with van der Waals surface area (Å²) in [5.74, 6) is 0.680. The van der Waals surface area contributed by atoms with Crippen molar-refractivity contribution in [2.45, 2.75) is 69.8 Å². The van der Waals surface area contributed by atoms with Crippen LogP contribution in [0, 0.1) is 16.7 Å². The third-order valence-corrected chi connectivity index (χ3v) is 7.57. The molecule has 0 radical (unpaired) electrons. The van der Waals surface area contributed by atoms with E-state index >= 15 is 0 Å². The normalized spacial score (nSPS) is 42.9. The van der Waals surface area contributed by atoms with E-state index in [4.69, 9.17) is 4.74 Å². The predicted octanol–water partition coefficient (Wildman–Crippen LogP) is 4.35. The number of fused-ring (bicyclic) bond motifs is 2. The minimum absolute atomic E-state index is 0.00902. The maximum absolute atomic E-state index is 12.1. The lowest BCUT2D eigenvalue weighted by molar-refractivity contribution is -0.174. The number of ether oxygens (including phenoxy) is 1. The van der Waals surface area contributed by atoms with Crippen LogP contribution in [0.15, 0.2) is 0 Å². The molecule has 2 rings (SSSR count). The van der Waals surface area contributed by atoms with Gasteiger partial charge in [0.2, 0.25) is 0 Å². The van der Waals surface area contributed by atoms with Crippen LogP contribution in [-0.2, 0) is 9.53 Å². The van der Waals surface area contributed by atoms with Crippen LogP contribution in [0.25, 0.3) is 0 Å². The van der Waals surface area contributed by atoms with E-state index in [2.05, 4.69) is 50.3 Å². The minimum Gasteiger partial charge on any atom is -0.458 e. The Kier molecular flexibility index (Phi) is 3.53. The number of rotatable bonds is 3. The number of carbonyl (C=O) groups excluding carboxylic acids is 1. The van der Waals surface area contributed by atoms with Crippen LogP contribution in [0.1, 0.15) is 60.3 Å². The van der Waals surface area contributed by atoms with Gasteiger partial charge >= 0.3 is 5.97 Å². The highest BCUT2D eigenvalue weighted by atomic mass is 127. The average molecular weight is 364 g/mol. The summed E-state index contributed by atoms with van der Waals surface area (Å²) in [6.07, 6.45) is 4.36. The molecule has 0 amide bonds. The first-order valence-electron chi connectivity index (χ1n) is 7.05. The van der Waals surface area contributed by atoms with Gasteiger partial charge in [0.25, 0.3) is 0 Å². The number of hydrogen-bond acceptors (Lipinski definition) is 2. The average Bonchev–Trinajstić information content (AvgIpc) is 2.59. The van der Waals surface area contributed by atoms with Crippen molar-refractivity contribution in [3.05, 3.63) is 0 Å². The van der Waals surface area contributed by atoms with Crippen molar-refractivity contribution < 1.29 is 9.53 Å². The van der Waals surface area contributed by atoms with E-state index < -0.39 is 0 Å². The Morgan fingerprint density at radius 3 is 2.39 bits per heavy atom. The lowest BCUT2D eigenvalue weighted by atomic mass is 9.65. The Hall–Kier alpha value is 0.200. The first-order chi connectivity index (χ1) is 8.18. The maximum atomic E-state index is 12.1. The van der Waals surface area contributed by atoms with Crippen LogP contribution >= 0.6 is 22.6 Å². The van der Waals surface area contributed by atoms with Crippen molar-refractivity contribution in [1.82, 2.24) is 0 Å². The molecule has 0 saturated heterocycles. The summed E-state index contributed by atoms with van der Waals surface area (Å²) in [4.78, 5) is 12.1. The second kappa shape index (κ2) is 4.35. The van der Waals surface area contributed by atoms with Gasteiger partial charge in [-0.05, 0) is 43.9 Å². The van der Waals surface area contributed by atoms with Gasteiger partial charge in [0, 0.05) is 5.41 Å². The largest absolute Gasteiger partial charge is 0.458 e. The number of alkyl halides is 1. The van der Waals surface area contributed by atoms with E-state index in [1.165, 1.54) is 12.8 Å². The van der Waals surface area contributed by atoms with Gasteiger partial charge in [-0.1, -0.05) is 50.3 Å². The molecule has 0 aromatic rings. The molecule has 2 saturated carbocycles. The van der Waals surface area contributed by atoms with Gasteiger partial charge in [0.1, 0.15) is 9.53 Å². The minimum atomic E-state index is -0.269. The highest BCUT2D eigenvalue weighted by Crippen LogP contribution is 2.70. The smallest absolute Gasteiger partial charge is 0.319 e. The molecule has 0 N–H and O–H groups in total. The van der Waals surface area contributed by atoms with E-state index in [1.54, 1.807) is 0 Å². The van der Waals surface area contributed by atoms with E-state index in [0.29, 0.717) is 5.92 Å². The SMILES string of the molecule is CCC(I)C(=O)OC1(C)CC2CCC1(C)C2(C)C. The number of esters is 1. The van der Waals surface area contributed by atoms with E-state index in [-0.39, 0.29) is 26.3 Å². The van der Waals surface area contributed by atoms with E-state index in [0.717, 1.165) is 12.8 Å². The predicted molar refractivity (Wildman–Crippen MR) is 81.8 cm³/mol. The zero-order valence-electron chi connectivity index (χ0n) is 12.2. The Bertz CT molecular complexity index is 366. The molecule has 0 aromatic carbocycles. The first kappa shape index (κ1) is 14.6. The fourth-order valence-electron chi connectivity index (χ4n) is 4.20. The molecular weight excluding hydrogens is 339 g/mol. The summed E-state index contributed by atoms with van der Waals surface area (Å²) < 4.78 is 5.97. The monoisotopic (exact) mass is 364 g/mol. The fraction of sp³-hybridized carbons (Fsp3) is 0.933. The topological polar surface area (TPSA) is 26.3 Å². The van der Waals surface area contributed by atoms with Crippen molar-refractivity contribution >= 4 is 28.6 Å². The molecule has 0 aliphatic heterocycles. The Balaban J connectivity index is 2.22. The van der Waals surface area contributed by atoms with Crippen molar-refractivity contribution in [2.75, 3.05) is 0 Å². The van der Waals surface area contributed by atoms with Crippen LogP contribution in [0.3, 0.4) is 0 Å². The Morgan fingerprint density at radius 2 is 2.00 bits per heavy atom. The highest BCUT2D eigenvalue weighted by molar-refractivity contribution is 14.1. The van der Waals surface area contributed by atoms with Crippen LogP contribution in [-0.4, -0.2) is 15.5 Å². The number of carbonyl (C=O) groups is 1. The zero-order valence-corrected chi connectivity index (χ0v) is 14.3. The molecule has 3 heteroatoms. The van der Waals surface area contributed by atoms with E-state index in [9.17, 15) is 4.79 Å². The lowest BCUT2D eigenvalue weighted by Crippen LogP contribution is -2.48. The van der Waals surface area contributed by atoms with Gasteiger partial charge in [-0.2, -0.15) is 0 Å². The zero-order chi connectivity index (χ0) is 13.8. The molecule has 2 bridgehead atoms. The molecule has 2 aliphatic rings. The van der Waals surface area contributed by atoms with Crippen molar-refractivity contribution in [1.29, 1.82) is 0 Å². The third-order valence-electron chi connectivity index (χ3n) is 6.18. The number of hydrogen-bond donors (Lipinski definition) is 0. The summed E-state index contributed by atoms with van der Waals surface area (Å²) in [7, 11) is 0. The maximum Gasteiger partial charge on any atom is 0.319 e. The molecule has 18 heavy (non-hydrogen) atoms. The van der Waals surface area contributed by atoms with Crippen LogP contribution in [0.4, 0.5) is 0 Å². The second-order valence-electron chi connectivity index (χ2n) is 7.02. The molecule has 104 valence electrons. The van der Waals surface area contributed by atoms with Gasteiger partial charge in [-0.3, -0.25) is 4.79 Å². The summed E-state index contributed by atoms with van der Waals surface area (Å²) in [5.41, 5.74) is 0.147. The molecule has 4 unspecified atom stereocenters. The Labute approximate surface area is 124 Å². The van der Waals surface area contributed by atoms with Crippen LogP contribution < -0.4 is 0 Å². The van der Waals surface area contributed by atoms with Gasteiger partial charge in [0.05, 0.1) is 0 Å². The summed E-state index contributed by atoms with van der Waals surface area (Å²) in [5, 5.41) is 0. The van der Waals surface area contributed by atoms with Crippen LogP contribution in [0.5, 0.6) is 0 Å². The highest BCUT2D eigenvalue weighted by Gasteiger charge is 2.68. The summed E-state index contributed by atoms with van der Waals surface area (Å²) in [6.45, 7) is 11.2. The first-order valence-corrected chi connectivity index (χ1v) is 8.29.